The summed E-state index contributed by atoms with van der Waals surface area (Å²) in [7, 11) is 0. The van der Waals surface area contributed by atoms with Crippen LogP contribution in [0.3, 0.4) is 0 Å². The van der Waals surface area contributed by atoms with E-state index in [1.54, 1.807) is 0 Å². The summed E-state index contributed by atoms with van der Waals surface area (Å²) in [6.07, 6.45) is 2.07. The van der Waals surface area contributed by atoms with Gasteiger partial charge in [0.25, 0.3) is 0 Å². The maximum absolute atomic E-state index is 11.2. The van der Waals surface area contributed by atoms with E-state index in [9.17, 15) is 9.90 Å². The zero-order valence-corrected chi connectivity index (χ0v) is 11.2. The minimum atomic E-state index is -0.715. The summed E-state index contributed by atoms with van der Waals surface area (Å²) < 4.78 is 5.24. The number of ether oxygens (including phenoxy) is 1. The van der Waals surface area contributed by atoms with Gasteiger partial charge in [-0.05, 0) is 38.7 Å². The van der Waals surface area contributed by atoms with Crippen molar-refractivity contribution in [3.8, 4) is 0 Å². The third-order valence-corrected chi connectivity index (χ3v) is 2.96. The standard InChI is InChI=1S/C15H22O3/c1-3-18-9-5-8-14(15(16)17)11-13-7-4-6-12(2)10-13/h4,6-7,10,14H,3,5,8-9,11H2,1-2H3,(H,16,17). The third kappa shape index (κ3) is 5.32. The Labute approximate surface area is 109 Å². The molecule has 0 bridgehead atoms. The molecule has 18 heavy (non-hydrogen) atoms. The summed E-state index contributed by atoms with van der Waals surface area (Å²) in [5.74, 6) is -1.03. The summed E-state index contributed by atoms with van der Waals surface area (Å²) in [6.45, 7) is 5.31. The fourth-order valence-corrected chi connectivity index (χ4v) is 2.01. The van der Waals surface area contributed by atoms with Crippen molar-refractivity contribution < 1.29 is 14.6 Å². The number of aliphatic carboxylic acids is 1. The topological polar surface area (TPSA) is 46.5 Å². The predicted octanol–water partition coefficient (Wildman–Crippen LogP) is 3.06. The number of rotatable bonds is 8. The van der Waals surface area contributed by atoms with Gasteiger partial charge in [-0.3, -0.25) is 4.79 Å². The van der Waals surface area contributed by atoms with Crippen molar-refractivity contribution in [1.82, 2.24) is 0 Å². The van der Waals surface area contributed by atoms with Gasteiger partial charge < -0.3 is 9.84 Å². The molecule has 0 fully saturated rings. The fourth-order valence-electron chi connectivity index (χ4n) is 2.01. The maximum Gasteiger partial charge on any atom is 0.306 e. The summed E-state index contributed by atoms with van der Waals surface area (Å²) >= 11 is 0. The first kappa shape index (κ1) is 14.7. The highest BCUT2D eigenvalue weighted by Crippen LogP contribution is 2.16. The van der Waals surface area contributed by atoms with Gasteiger partial charge in [0.1, 0.15) is 0 Å². The smallest absolute Gasteiger partial charge is 0.306 e. The van der Waals surface area contributed by atoms with Crippen LogP contribution in [-0.2, 0) is 16.0 Å². The predicted molar refractivity (Wildman–Crippen MR) is 71.7 cm³/mol. The SMILES string of the molecule is CCOCCCC(Cc1cccc(C)c1)C(=O)O. The van der Waals surface area contributed by atoms with Gasteiger partial charge in [0.2, 0.25) is 0 Å². The number of carboxylic acids is 1. The van der Waals surface area contributed by atoms with Gasteiger partial charge >= 0.3 is 5.97 Å². The molecule has 1 unspecified atom stereocenters. The molecule has 3 heteroatoms. The van der Waals surface area contributed by atoms with E-state index in [1.807, 2.05) is 32.0 Å². The van der Waals surface area contributed by atoms with Gasteiger partial charge in [-0.15, -0.1) is 0 Å². The van der Waals surface area contributed by atoms with Crippen molar-refractivity contribution in [3.63, 3.8) is 0 Å². The van der Waals surface area contributed by atoms with Crippen molar-refractivity contribution in [2.24, 2.45) is 5.92 Å². The van der Waals surface area contributed by atoms with Crippen LogP contribution >= 0.6 is 0 Å². The van der Waals surface area contributed by atoms with Crippen molar-refractivity contribution in [2.75, 3.05) is 13.2 Å². The van der Waals surface area contributed by atoms with E-state index in [0.717, 1.165) is 12.0 Å². The van der Waals surface area contributed by atoms with Gasteiger partial charge in [-0.2, -0.15) is 0 Å². The van der Waals surface area contributed by atoms with Crippen molar-refractivity contribution in [1.29, 1.82) is 0 Å². The van der Waals surface area contributed by atoms with Crippen LogP contribution in [0.5, 0.6) is 0 Å². The summed E-state index contributed by atoms with van der Waals surface area (Å²) in [5, 5.41) is 9.22. The Bertz CT molecular complexity index is 374. The molecule has 0 radical (unpaired) electrons. The minimum Gasteiger partial charge on any atom is -0.481 e. The number of benzene rings is 1. The minimum absolute atomic E-state index is 0.313. The summed E-state index contributed by atoms with van der Waals surface area (Å²) in [4.78, 5) is 11.2. The molecule has 0 aliphatic carbocycles. The number of carboxylic acid groups (broad SMARTS) is 1. The first-order valence-corrected chi connectivity index (χ1v) is 6.49. The lowest BCUT2D eigenvalue weighted by Gasteiger charge is -2.12. The van der Waals surface area contributed by atoms with Gasteiger partial charge in [0.05, 0.1) is 5.92 Å². The maximum atomic E-state index is 11.2. The zero-order chi connectivity index (χ0) is 13.4. The molecule has 0 aliphatic rings. The molecule has 0 aromatic heterocycles. The number of aryl methyl sites for hydroxylation is 1. The lowest BCUT2D eigenvalue weighted by Crippen LogP contribution is -2.17. The lowest BCUT2D eigenvalue weighted by molar-refractivity contribution is -0.142. The molecule has 100 valence electrons. The van der Waals surface area contributed by atoms with Crippen LogP contribution in [0.25, 0.3) is 0 Å². The van der Waals surface area contributed by atoms with Crippen LogP contribution in [0.15, 0.2) is 24.3 Å². The highest BCUT2D eigenvalue weighted by atomic mass is 16.5. The Balaban J connectivity index is 2.50. The largest absolute Gasteiger partial charge is 0.481 e. The second kappa shape index (κ2) is 7.88. The van der Waals surface area contributed by atoms with Gasteiger partial charge in [0, 0.05) is 13.2 Å². The molecule has 1 atom stereocenters. The summed E-state index contributed by atoms with van der Waals surface area (Å²) in [6, 6.07) is 8.04. The van der Waals surface area contributed by atoms with Crippen LogP contribution in [0, 0.1) is 12.8 Å². The molecular formula is C15H22O3. The zero-order valence-electron chi connectivity index (χ0n) is 11.2. The molecule has 1 rings (SSSR count). The van der Waals surface area contributed by atoms with E-state index in [1.165, 1.54) is 5.56 Å². The highest BCUT2D eigenvalue weighted by molar-refractivity contribution is 5.70. The van der Waals surface area contributed by atoms with E-state index in [0.29, 0.717) is 26.1 Å². The molecule has 0 spiro atoms. The Morgan fingerprint density at radius 3 is 2.83 bits per heavy atom. The average molecular weight is 250 g/mol. The second-order valence-electron chi connectivity index (χ2n) is 4.57. The van der Waals surface area contributed by atoms with Crippen LogP contribution in [-0.4, -0.2) is 24.3 Å². The van der Waals surface area contributed by atoms with E-state index < -0.39 is 5.97 Å². The van der Waals surface area contributed by atoms with E-state index >= 15 is 0 Å². The van der Waals surface area contributed by atoms with Crippen LogP contribution in [0.4, 0.5) is 0 Å². The molecule has 0 aliphatic heterocycles. The van der Waals surface area contributed by atoms with Crippen LogP contribution in [0.2, 0.25) is 0 Å². The highest BCUT2D eigenvalue weighted by Gasteiger charge is 2.17. The molecule has 1 N–H and O–H groups in total. The van der Waals surface area contributed by atoms with Gasteiger partial charge in [0.15, 0.2) is 0 Å². The van der Waals surface area contributed by atoms with Crippen LogP contribution in [0.1, 0.15) is 30.9 Å². The van der Waals surface area contributed by atoms with E-state index in [4.69, 9.17) is 4.74 Å². The molecule has 0 saturated carbocycles. The van der Waals surface area contributed by atoms with Gasteiger partial charge in [-0.25, -0.2) is 0 Å². The monoisotopic (exact) mass is 250 g/mol. The molecule has 3 nitrogen and oxygen atoms in total. The molecular weight excluding hydrogens is 228 g/mol. The Morgan fingerprint density at radius 2 is 2.22 bits per heavy atom. The van der Waals surface area contributed by atoms with Crippen LogP contribution < -0.4 is 0 Å². The Kier molecular flexibility index (Phi) is 6.44. The van der Waals surface area contributed by atoms with Gasteiger partial charge in [-0.1, -0.05) is 29.8 Å². The first-order chi connectivity index (χ1) is 8.63. The first-order valence-electron chi connectivity index (χ1n) is 6.49. The molecule has 1 aromatic carbocycles. The molecule has 0 amide bonds. The average Bonchev–Trinajstić information content (AvgIpc) is 2.33. The number of hydrogen-bond acceptors (Lipinski definition) is 2. The Morgan fingerprint density at radius 1 is 1.44 bits per heavy atom. The van der Waals surface area contributed by atoms with Crippen molar-refractivity contribution in [2.45, 2.75) is 33.1 Å². The molecule has 0 saturated heterocycles. The quantitative estimate of drug-likeness (QED) is 0.721. The molecule has 1 aromatic rings. The number of carbonyl (C=O) groups is 1. The van der Waals surface area contributed by atoms with Crippen molar-refractivity contribution in [3.05, 3.63) is 35.4 Å². The second-order valence-corrected chi connectivity index (χ2v) is 4.57. The molecule has 0 heterocycles. The van der Waals surface area contributed by atoms with E-state index in [-0.39, 0.29) is 5.92 Å². The third-order valence-electron chi connectivity index (χ3n) is 2.96. The van der Waals surface area contributed by atoms with Crippen molar-refractivity contribution >= 4 is 5.97 Å². The summed E-state index contributed by atoms with van der Waals surface area (Å²) in [5.41, 5.74) is 2.27. The Hall–Kier alpha value is -1.35. The number of hydrogen-bond donors (Lipinski definition) is 1. The fraction of sp³-hybridized carbons (Fsp3) is 0.533. The lowest BCUT2D eigenvalue weighted by atomic mass is 9.94. The normalized spacial score (nSPS) is 12.3. The van der Waals surface area contributed by atoms with E-state index in [2.05, 4.69) is 6.07 Å².